The molecule has 2 aliphatic heterocycles. The van der Waals surface area contributed by atoms with E-state index in [1.165, 1.54) is 31.7 Å². The van der Waals surface area contributed by atoms with Crippen LogP contribution < -0.4 is 69.5 Å². The number of hydrogen-bond acceptors (Lipinski definition) is 17. The van der Waals surface area contributed by atoms with Crippen molar-refractivity contribution in [3.8, 4) is 0 Å². The maximum Gasteiger partial charge on any atom is 0.329 e. The van der Waals surface area contributed by atoms with Crippen LogP contribution in [0.5, 0.6) is 0 Å². The highest BCUT2D eigenvalue weighted by atomic mass is 16.5. The van der Waals surface area contributed by atoms with Gasteiger partial charge in [-0.05, 0) is 118 Å². The van der Waals surface area contributed by atoms with Crippen LogP contribution in [-0.4, -0.2) is 184 Å². The number of nitrogens with two attached hydrogens (primary N) is 1. The maximum atomic E-state index is 15.5. The molecule has 18 atom stereocenters. The molecule has 0 saturated carbocycles. The molecule has 0 bridgehead atoms. The quantitative estimate of drug-likeness (QED) is 0.0352. The normalized spacial score (nSPS) is 22.9. The fraction of sp³-hybridized carbons (Fsp3) is 0.654. The van der Waals surface area contributed by atoms with E-state index >= 15 is 24.0 Å². The number of cyclic esters (lactones) is 1. The molecule has 618 valence electrons. The zero-order chi connectivity index (χ0) is 83.4. The predicted molar refractivity (Wildman–Crippen MR) is 420 cm³/mol. The Morgan fingerprint density at radius 3 is 1.64 bits per heavy atom. The fourth-order valence-corrected chi connectivity index (χ4v) is 13.1. The Hall–Kier alpha value is -9.32. The molecule has 0 radical (unpaired) electrons. The summed E-state index contributed by atoms with van der Waals surface area (Å²) in [6.07, 6.45) is 0.798. The zero-order valence-electron chi connectivity index (χ0n) is 68.5. The van der Waals surface area contributed by atoms with Crippen LogP contribution >= 0.6 is 0 Å². The van der Waals surface area contributed by atoms with Gasteiger partial charge in [0.25, 0.3) is 5.91 Å². The second-order valence-electron chi connectivity index (χ2n) is 31.5. The predicted octanol–water partition coefficient (Wildman–Crippen LogP) is 3.58. The van der Waals surface area contributed by atoms with Gasteiger partial charge < -0.3 is 84.3 Å². The van der Waals surface area contributed by atoms with E-state index in [9.17, 15) is 48.3 Å². The van der Waals surface area contributed by atoms with Crippen LogP contribution in [0.3, 0.4) is 0 Å². The van der Waals surface area contributed by atoms with Crippen molar-refractivity contribution in [1.82, 2.24) is 68.7 Å². The number of hydrogen-bond donors (Lipinski definition) is 14. The lowest BCUT2D eigenvalue weighted by molar-refractivity contribution is -0.157. The second-order valence-corrected chi connectivity index (χ2v) is 31.5. The average molecular weight is 1550 g/mol. The number of rotatable bonds is 34. The first kappa shape index (κ1) is 94.1. The van der Waals surface area contributed by atoms with Crippen molar-refractivity contribution in [2.24, 2.45) is 53.1 Å². The van der Waals surface area contributed by atoms with Crippen molar-refractivity contribution in [3.63, 3.8) is 0 Å². The molecule has 2 aromatic rings. The Kier molecular flexibility index (Phi) is 38.3. The van der Waals surface area contributed by atoms with Gasteiger partial charge in [0, 0.05) is 12.8 Å². The van der Waals surface area contributed by atoms with E-state index in [1.807, 2.05) is 13.8 Å². The molecule has 15 N–H and O–H groups in total. The molecule has 2 aliphatic rings. The van der Waals surface area contributed by atoms with Crippen LogP contribution in [0, 0.1) is 47.3 Å². The van der Waals surface area contributed by atoms with Crippen LogP contribution in [0.2, 0.25) is 0 Å². The van der Waals surface area contributed by atoms with Gasteiger partial charge in [0.15, 0.2) is 0 Å². The molecular formula is C81H128N14O16. The Balaban J connectivity index is 1.73. The Morgan fingerprint density at radius 1 is 0.577 bits per heavy atom. The largest absolute Gasteiger partial charge is 0.458 e. The molecule has 30 nitrogen and oxygen atoms in total. The number of carbonyl (C=O) groups excluding carboxylic acids is 14. The number of allylic oxidation sites excluding steroid dienone is 1. The summed E-state index contributed by atoms with van der Waals surface area (Å²) < 4.78 is 6.00. The topological polar surface area (TPSA) is 442 Å². The number of benzene rings is 2. The molecule has 30 heteroatoms. The first-order valence-electron chi connectivity index (χ1n) is 39.6. The van der Waals surface area contributed by atoms with E-state index in [0.717, 1.165) is 6.42 Å². The van der Waals surface area contributed by atoms with Crippen molar-refractivity contribution in [2.75, 3.05) is 6.54 Å². The molecule has 2 heterocycles. The summed E-state index contributed by atoms with van der Waals surface area (Å²) in [5, 5.41) is 43.6. The summed E-state index contributed by atoms with van der Waals surface area (Å²) in [7, 11) is 0. The number of nitrogens with zero attached hydrogens (tertiary/aromatic N) is 1. The summed E-state index contributed by atoms with van der Waals surface area (Å²) in [6.45, 7) is 31.7. The smallest absolute Gasteiger partial charge is 0.329 e. The van der Waals surface area contributed by atoms with Gasteiger partial charge in [0.1, 0.15) is 84.3 Å². The SMILES string of the molecule is C/C=C1\NC(=O)[C@H](Cc2ccccc2)NC(=O)[C@@H](C(C)C)NC(=O)[C@@H]([C@@H](C)CC)NC(=O)[C@H](NC(=O)[C@H](NC(=O)[C@H](CCCN)NC(=O)[C@@H]2CC[C@H](c3ccccc3)N2C(=O)[C@H](NC(=O)[C@@H](NC(=O)[C@@H](NC(=O)[C@H](NC(=O)CC[C@@H](C)CC)C(C)C)[C@@H](C)O)C(C)C)C(C)C)[C@@H](C)CC)[C@@H](C)OC(=O)[C@H](C(C)C)NC1=O. The number of esters is 1. The molecule has 4 rings (SSSR count). The van der Waals surface area contributed by atoms with E-state index in [4.69, 9.17) is 10.5 Å². The highest BCUT2D eigenvalue weighted by molar-refractivity contribution is 6.03. The fourth-order valence-electron chi connectivity index (χ4n) is 13.1. The first-order valence-corrected chi connectivity index (χ1v) is 39.6. The lowest BCUT2D eigenvalue weighted by Crippen LogP contribution is -2.64. The number of likely N-dealkylation sites (tertiary alicyclic amines) is 1. The second kappa shape index (κ2) is 45.3. The molecule has 2 fully saturated rings. The van der Waals surface area contributed by atoms with Crippen LogP contribution in [0.4, 0.5) is 0 Å². The Labute approximate surface area is 655 Å². The van der Waals surface area contributed by atoms with Gasteiger partial charge in [0.05, 0.1) is 12.1 Å². The standard InChI is InChI=1S/C81H128N14O16/c1-20-47(15)36-39-59(97)86-60(42(5)6)74(103)93-67(50(18)96)78(107)88-62(44(9)10)75(104)89-63(45(11)12)80(109)95-57(53-33-28-25-29-34-53)37-38-58(95)72(101)84-55(35-30-40-82)70(99)91-65(48(16)21-2)77(106)94-68-51(19)111-81(110)64(46(13)14)90-69(98)54(23-4)83-71(100)56(41-52-31-26-24-27-32-52)85-73(102)61(43(7)8)87-76(105)66(49(17)22-3)92-79(68)108/h23-29,31-34,42-51,55-58,60-68,96H,20-22,30,35-41,82H2,1-19H3,(H,83,100)(H,84,101)(H,85,102)(H,86,97)(H,87,105)(H,88,107)(H,89,104)(H,90,98)(H,91,99)(H,92,108)(H,93,103)(H,94,106)/b54-23-/t47-,48-,49-,50+,51+,55-,56-,57+,58-,60+,61+,62-,63+,64-,65+,66+,67-,68+/m0/s1. The summed E-state index contributed by atoms with van der Waals surface area (Å²) in [6, 6.07) is 0.111. The number of amides is 13. The minimum atomic E-state index is -1.84. The van der Waals surface area contributed by atoms with Gasteiger partial charge in [-0.3, -0.25) is 62.3 Å². The lowest BCUT2D eigenvalue weighted by Gasteiger charge is -2.36. The average Bonchev–Trinajstić information content (AvgIpc) is 1.66. The number of nitrogens with one attached hydrogen (secondary N) is 12. The van der Waals surface area contributed by atoms with E-state index in [2.05, 4.69) is 63.8 Å². The van der Waals surface area contributed by atoms with Gasteiger partial charge >= 0.3 is 5.97 Å². The van der Waals surface area contributed by atoms with Gasteiger partial charge in [0.2, 0.25) is 70.9 Å². The van der Waals surface area contributed by atoms with E-state index in [1.54, 1.807) is 158 Å². The Bertz CT molecular complexity index is 3520. The van der Waals surface area contributed by atoms with E-state index < -0.39 is 209 Å². The minimum Gasteiger partial charge on any atom is -0.458 e. The highest BCUT2D eigenvalue weighted by Gasteiger charge is 2.48. The van der Waals surface area contributed by atoms with Crippen LogP contribution in [0.15, 0.2) is 72.4 Å². The summed E-state index contributed by atoms with van der Waals surface area (Å²) in [5.41, 5.74) is 7.07. The third-order valence-electron chi connectivity index (χ3n) is 20.9. The molecule has 0 spiro atoms. The monoisotopic (exact) mass is 1550 g/mol. The molecule has 2 aromatic carbocycles. The number of aliphatic hydroxyl groups is 1. The third kappa shape index (κ3) is 27.5. The van der Waals surface area contributed by atoms with E-state index in [-0.39, 0.29) is 69.0 Å². The van der Waals surface area contributed by atoms with Crippen molar-refractivity contribution in [2.45, 2.75) is 287 Å². The summed E-state index contributed by atoms with van der Waals surface area (Å²) in [4.78, 5) is 205. The molecule has 2 saturated heterocycles. The first-order chi connectivity index (χ1) is 52.3. The van der Waals surface area contributed by atoms with Crippen LogP contribution in [0.1, 0.15) is 207 Å². The van der Waals surface area contributed by atoms with E-state index in [0.29, 0.717) is 24.0 Å². The van der Waals surface area contributed by atoms with Crippen LogP contribution in [0.25, 0.3) is 0 Å². The summed E-state index contributed by atoms with van der Waals surface area (Å²) in [5.74, 6) is -15.5. The van der Waals surface area contributed by atoms with Crippen molar-refractivity contribution in [1.29, 1.82) is 0 Å². The molecule has 0 aromatic heterocycles. The zero-order valence-corrected chi connectivity index (χ0v) is 68.5. The molecular weight excluding hydrogens is 1420 g/mol. The number of ether oxygens (including phenoxy) is 1. The summed E-state index contributed by atoms with van der Waals surface area (Å²) >= 11 is 0. The molecule has 13 amide bonds. The number of carbonyl (C=O) groups is 14. The highest BCUT2D eigenvalue weighted by Crippen LogP contribution is 2.38. The van der Waals surface area contributed by atoms with Crippen molar-refractivity contribution in [3.05, 3.63) is 83.6 Å². The van der Waals surface area contributed by atoms with Gasteiger partial charge in [-0.25, -0.2) is 4.79 Å². The molecule has 0 aliphatic carbocycles. The van der Waals surface area contributed by atoms with Crippen LogP contribution in [-0.2, 0) is 78.3 Å². The molecule has 111 heavy (non-hydrogen) atoms. The maximum absolute atomic E-state index is 15.5. The van der Waals surface area contributed by atoms with Crippen molar-refractivity contribution >= 4 is 82.8 Å². The van der Waals surface area contributed by atoms with Gasteiger partial charge in [-0.15, -0.1) is 0 Å². The number of aliphatic hydroxyl groups excluding tert-OH is 1. The minimum absolute atomic E-state index is 0.0395. The van der Waals surface area contributed by atoms with Crippen molar-refractivity contribution < 1.29 is 77.0 Å². The van der Waals surface area contributed by atoms with Gasteiger partial charge in [-0.2, -0.15) is 0 Å². The van der Waals surface area contributed by atoms with Gasteiger partial charge in [-0.1, -0.05) is 197 Å². The lowest BCUT2D eigenvalue weighted by atomic mass is 9.95. The Morgan fingerprint density at radius 2 is 1.11 bits per heavy atom. The molecule has 0 unspecified atom stereocenters. The third-order valence-corrected chi connectivity index (χ3v) is 20.9.